The van der Waals surface area contributed by atoms with E-state index in [1.807, 2.05) is 0 Å². The molecule has 0 atom stereocenters. The molecule has 6 rings (SSSR count). The van der Waals surface area contributed by atoms with Crippen LogP contribution >= 0.6 is 0 Å². The number of benzene rings is 6. The zero-order valence-corrected chi connectivity index (χ0v) is 62.4. The van der Waals surface area contributed by atoms with Crippen molar-refractivity contribution in [1.82, 2.24) is 0 Å². The zero-order chi connectivity index (χ0) is 68.8. The molecule has 0 radical (unpaired) electrons. The first-order chi connectivity index (χ1) is 43.5. The predicted molar refractivity (Wildman–Crippen MR) is 403 cm³/mol. The third kappa shape index (κ3) is 20.4. The summed E-state index contributed by atoms with van der Waals surface area (Å²) in [5.41, 5.74) is 25.9. The summed E-state index contributed by atoms with van der Waals surface area (Å²) >= 11 is 0. The van der Waals surface area contributed by atoms with Crippen molar-refractivity contribution in [2.45, 2.75) is 284 Å². The Morgan fingerprint density at radius 3 is 0.739 bits per heavy atom. The topological polar surface area (TPSA) is 98.9 Å². The maximum atomic E-state index is 5.01. The van der Waals surface area contributed by atoms with Gasteiger partial charge in [0.05, 0.1) is 45.8 Å². The third-order valence-electron chi connectivity index (χ3n) is 17.2. The van der Waals surface area contributed by atoms with Crippen LogP contribution in [0, 0.1) is 6.92 Å². The van der Waals surface area contributed by atoms with Crippen molar-refractivity contribution in [1.29, 1.82) is 0 Å². The van der Waals surface area contributed by atoms with E-state index in [4.69, 9.17) is 30.0 Å². The van der Waals surface area contributed by atoms with Crippen LogP contribution in [-0.4, -0.2) is 31.1 Å². The van der Waals surface area contributed by atoms with Crippen LogP contribution in [0.3, 0.4) is 0 Å². The lowest BCUT2D eigenvalue weighted by atomic mass is 9.85. The monoisotopic (exact) mass is 1240 g/mol. The first-order valence-corrected chi connectivity index (χ1v) is 34.9. The molecule has 6 aromatic rings. The maximum absolute atomic E-state index is 5.01. The van der Waals surface area contributed by atoms with Crippen LogP contribution in [0.25, 0.3) is 0 Å². The second-order valence-electron chi connectivity index (χ2n) is 28.7. The second-order valence-corrected chi connectivity index (χ2v) is 28.7. The molecule has 0 N–H and O–H groups in total. The summed E-state index contributed by atoms with van der Waals surface area (Å²) in [6.07, 6.45) is 4.14. The van der Waals surface area contributed by atoms with E-state index in [-0.39, 0.29) is 11.8 Å². The minimum Gasteiger partial charge on any atom is -0.229 e. The van der Waals surface area contributed by atoms with Crippen LogP contribution in [0.5, 0.6) is 0 Å². The highest BCUT2D eigenvalue weighted by atomic mass is 14.9. The summed E-state index contributed by atoms with van der Waals surface area (Å²) in [6, 6.07) is 42.7. The van der Waals surface area contributed by atoms with E-state index in [1.54, 1.807) is 7.05 Å². The van der Waals surface area contributed by atoms with Gasteiger partial charge in [-0.05, 0) is 169 Å². The fraction of sp³-hybridized carbons (Fsp3) is 0.524. The van der Waals surface area contributed by atoms with Crippen LogP contribution in [0.2, 0.25) is 0 Å². The minimum absolute atomic E-state index is 0.184. The van der Waals surface area contributed by atoms with Gasteiger partial charge in [-0.2, -0.15) is 34.9 Å². The van der Waals surface area contributed by atoms with Crippen LogP contribution in [0.15, 0.2) is 125 Å². The van der Waals surface area contributed by atoms with Gasteiger partial charge < -0.3 is 0 Å². The fourth-order valence-corrected chi connectivity index (χ4v) is 12.3. The SMILES string of the molecule is CC(C)c1cccc(C(C)C)c1N=C=Nc1c(C(C)C)cccc1C(C)C.CCCc1cc(C(C)C)c(C)c(C(C)C)c1N=C=NC.CCCc1cc(C(C)C)c(N=C=Nc2c(C(C)C)cccc2C(C)C)c(C(C)C)c1N=C=Nc1c(C(C)C)cccc1C(C)C. The Balaban J connectivity index is 0.000000325. The van der Waals surface area contributed by atoms with E-state index in [9.17, 15) is 0 Å². The van der Waals surface area contributed by atoms with Gasteiger partial charge in [-0.25, -0.2) is 4.99 Å². The van der Waals surface area contributed by atoms with E-state index in [0.29, 0.717) is 59.2 Å². The van der Waals surface area contributed by atoms with Crippen molar-refractivity contribution in [3.05, 3.63) is 168 Å². The Morgan fingerprint density at radius 1 is 0.272 bits per heavy atom. The van der Waals surface area contributed by atoms with E-state index in [0.717, 1.165) is 71.1 Å². The third-order valence-corrected chi connectivity index (χ3v) is 17.2. The van der Waals surface area contributed by atoms with Crippen LogP contribution in [0.1, 0.15) is 347 Å². The Morgan fingerprint density at radius 2 is 0.500 bits per heavy atom. The first kappa shape index (κ1) is 77.3. The largest absolute Gasteiger partial charge is 0.229 e. The molecule has 0 amide bonds. The highest BCUT2D eigenvalue weighted by molar-refractivity contribution is 5.77. The Labute approximate surface area is 559 Å². The summed E-state index contributed by atoms with van der Waals surface area (Å²) in [4.78, 5) is 37.7. The zero-order valence-electron chi connectivity index (χ0n) is 62.4. The molecule has 0 bridgehead atoms. The number of aliphatic imine (C=N–C) groups is 8. The van der Waals surface area contributed by atoms with Crippen LogP contribution < -0.4 is 0 Å². The van der Waals surface area contributed by atoms with E-state index < -0.39 is 0 Å². The van der Waals surface area contributed by atoms with Gasteiger partial charge in [0.15, 0.2) is 0 Å². The second kappa shape index (κ2) is 36.9. The molecule has 0 fully saturated rings. The van der Waals surface area contributed by atoms with E-state index in [2.05, 4.69) is 306 Å². The quantitative estimate of drug-likeness (QED) is 0.0571. The van der Waals surface area contributed by atoms with Crippen molar-refractivity contribution in [2.75, 3.05) is 7.05 Å². The van der Waals surface area contributed by atoms with Gasteiger partial charge in [0, 0.05) is 12.6 Å². The number of para-hydroxylation sites is 4. The highest BCUT2D eigenvalue weighted by Gasteiger charge is 2.24. The molecule has 8 nitrogen and oxygen atoms in total. The molecule has 0 aliphatic heterocycles. The van der Waals surface area contributed by atoms with Gasteiger partial charge in [0.2, 0.25) is 0 Å². The average molecular weight is 1240 g/mol. The smallest absolute Gasteiger partial charge is 0.101 e. The van der Waals surface area contributed by atoms with Gasteiger partial charge in [0.1, 0.15) is 18.0 Å². The van der Waals surface area contributed by atoms with Crippen molar-refractivity contribution in [3.63, 3.8) is 0 Å². The average Bonchev–Trinajstić information content (AvgIpc) is 0.822. The van der Waals surface area contributed by atoms with Crippen molar-refractivity contribution < 1.29 is 0 Å². The molecule has 92 heavy (non-hydrogen) atoms. The van der Waals surface area contributed by atoms with Crippen molar-refractivity contribution >= 4 is 63.8 Å². The molecule has 0 saturated carbocycles. The van der Waals surface area contributed by atoms with E-state index in [1.165, 1.54) is 77.9 Å². The molecule has 0 heterocycles. The Bertz CT molecular complexity index is 3490. The summed E-state index contributed by atoms with van der Waals surface area (Å²) in [5, 5.41) is 0. The summed E-state index contributed by atoms with van der Waals surface area (Å²) in [7, 11) is 1.72. The van der Waals surface area contributed by atoms with Crippen LogP contribution in [0.4, 0.5) is 39.8 Å². The Kier molecular flexibility index (Phi) is 31.0. The highest BCUT2D eigenvalue weighted by Crippen LogP contribution is 2.45. The van der Waals surface area contributed by atoms with Gasteiger partial charge >= 0.3 is 0 Å². The van der Waals surface area contributed by atoms with Gasteiger partial charge in [-0.1, -0.05) is 278 Å². The van der Waals surface area contributed by atoms with E-state index >= 15 is 0 Å². The number of aryl methyl sites for hydroxylation is 2. The fourth-order valence-electron chi connectivity index (χ4n) is 12.3. The van der Waals surface area contributed by atoms with Crippen molar-refractivity contribution in [3.8, 4) is 0 Å². The summed E-state index contributed by atoms with van der Waals surface area (Å²) in [6.45, 7) is 60.0. The maximum Gasteiger partial charge on any atom is 0.101 e. The molecule has 0 aliphatic rings. The number of nitrogens with zero attached hydrogens (tertiary/aromatic N) is 8. The molecular weight excluding hydrogens is 1120 g/mol. The molecule has 494 valence electrons. The summed E-state index contributed by atoms with van der Waals surface area (Å²) in [5.74, 6) is 4.55. The molecule has 0 saturated heterocycles. The number of hydrogen-bond donors (Lipinski definition) is 0. The Hall–Kier alpha value is -7.16. The summed E-state index contributed by atoms with van der Waals surface area (Å²) < 4.78 is 0. The first-order valence-electron chi connectivity index (χ1n) is 34.9. The van der Waals surface area contributed by atoms with Crippen LogP contribution in [-0.2, 0) is 12.8 Å². The van der Waals surface area contributed by atoms with Gasteiger partial charge in [0.25, 0.3) is 0 Å². The normalized spacial score (nSPS) is 11.3. The molecule has 0 unspecified atom stereocenters. The number of hydrogen-bond acceptors (Lipinski definition) is 8. The lowest BCUT2D eigenvalue weighted by Gasteiger charge is -2.21. The number of rotatable bonds is 23. The lowest BCUT2D eigenvalue weighted by Crippen LogP contribution is -2.03. The molecule has 0 spiro atoms. The molecule has 0 aromatic heterocycles. The molecule has 6 aromatic carbocycles. The van der Waals surface area contributed by atoms with Crippen molar-refractivity contribution in [2.24, 2.45) is 39.9 Å². The predicted octanol–water partition coefficient (Wildman–Crippen LogP) is 27.6. The van der Waals surface area contributed by atoms with Gasteiger partial charge in [-0.3, -0.25) is 0 Å². The minimum atomic E-state index is 0.184. The van der Waals surface area contributed by atoms with Gasteiger partial charge in [-0.15, -0.1) is 0 Å². The molecule has 0 aliphatic carbocycles. The molecule has 8 heteroatoms. The lowest BCUT2D eigenvalue weighted by molar-refractivity contribution is 0.805. The molecular formula is C84H118N8. The standard InChI is InChI=1S/C41H56N4.C25H34N2.C18H28N2/c1-14-17-31-22-36(29(10)11)41(45-24-44-40-34(27(6)7)20-16-21-35(40)28(8)9)37(30(12)13)38(31)42-23-43-39-32(25(2)3)18-15-19-33(39)26(4)5;1-16(2)20-11-9-12-21(17(3)4)24(20)26-15-27-25-22(18(5)6)13-10-14-23(25)19(7)8;1-8-9-15-10-16(12(2)3)14(6)17(13(4)5)18(15)20-11-19-7/h15-16,18-22,25-30H,14,17H2,1-13H3;9-14,16-19H,1-8H3;10,12-13H,8-9H2,1-7H3.